The van der Waals surface area contributed by atoms with E-state index < -0.39 is 12.0 Å². The van der Waals surface area contributed by atoms with Crippen molar-refractivity contribution in [1.29, 1.82) is 0 Å². The lowest BCUT2D eigenvalue weighted by molar-refractivity contribution is -0.144. The fourth-order valence-electron chi connectivity index (χ4n) is 3.12. The van der Waals surface area contributed by atoms with Crippen molar-refractivity contribution in [3.8, 4) is 5.75 Å². The predicted octanol–water partition coefficient (Wildman–Crippen LogP) is 2.88. The van der Waals surface area contributed by atoms with Gasteiger partial charge in [0.15, 0.2) is 0 Å². The van der Waals surface area contributed by atoms with Crippen molar-refractivity contribution in [2.45, 2.75) is 25.9 Å². The molecule has 2 N–H and O–H groups in total. The normalized spacial score (nSPS) is 16.0. The van der Waals surface area contributed by atoms with Crippen LogP contribution in [0, 0.1) is 6.92 Å². The van der Waals surface area contributed by atoms with Gasteiger partial charge >= 0.3 is 5.97 Å². The summed E-state index contributed by atoms with van der Waals surface area (Å²) in [6, 6.07) is 12.4. The van der Waals surface area contributed by atoms with E-state index in [-0.39, 0.29) is 5.75 Å². The van der Waals surface area contributed by atoms with Crippen LogP contribution in [-0.4, -0.2) is 27.6 Å². The molecule has 2 aromatic rings. The molecule has 1 aliphatic heterocycles. The zero-order valence-corrected chi connectivity index (χ0v) is 12.5. The summed E-state index contributed by atoms with van der Waals surface area (Å²) >= 11 is 0. The summed E-state index contributed by atoms with van der Waals surface area (Å²) in [5, 5.41) is 19.8. The average Bonchev–Trinajstić information content (AvgIpc) is 2.50. The number of benzene rings is 2. The number of hydrogen-bond donors (Lipinski definition) is 2. The summed E-state index contributed by atoms with van der Waals surface area (Å²) in [4.78, 5) is 13.7. The molecule has 22 heavy (non-hydrogen) atoms. The molecule has 1 atom stereocenters. The molecule has 0 saturated carbocycles. The van der Waals surface area contributed by atoms with E-state index in [9.17, 15) is 15.0 Å². The van der Waals surface area contributed by atoms with Crippen LogP contribution < -0.4 is 0 Å². The SMILES string of the molecule is Cc1ccc(O)c(C(C(=O)O)N2CCc3ccccc3C2)c1. The van der Waals surface area contributed by atoms with E-state index in [0.29, 0.717) is 18.7 Å². The van der Waals surface area contributed by atoms with Gasteiger partial charge in [-0.1, -0.05) is 42.0 Å². The van der Waals surface area contributed by atoms with Crippen LogP contribution in [0.15, 0.2) is 42.5 Å². The van der Waals surface area contributed by atoms with Crippen LogP contribution in [0.4, 0.5) is 0 Å². The number of phenols is 1. The zero-order valence-electron chi connectivity index (χ0n) is 12.5. The van der Waals surface area contributed by atoms with Crippen LogP contribution in [0.1, 0.15) is 28.3 Å². The average molecular weight is 297 g/mol. The number of nitrogens with zero attached hydrogens (tertiary/aromatic N) is 1. The van der Waals surface area contributed by atoms with Gasteiger partial charge in [-0.25, -0.2) is 0 Å². The first kappa shape index (κ1) is 14.6. The second-order valence-electron chi connectivity index (χ2n) is 5.79. The smallest absolute Gasteiger partial charge is 0.325 e. The van der Waals surface area contributed by atoms with Crippen molar-refractivity contribution in [2.75, 3.05) is 6.54 Å². The van der Waals surface area contributed by atoms with Crippen molar-refractivity contribution < 1.29 is 15.0 Å². The second kappa shape index (κ2) is 5.81. The highest BCUT2D eigenvalue weighted by Gasteiger charge is 2.31. The molecular weight excluding hydrogens is 278 g/mol. The molecule has 0 bridgehead atoms. The monoisotopic (exact) mass is 297 g/mol. The molecule has 0 fully saturated rings. The van der Waals surface area contributed by atoms with Gasteiger partial charge in [-0.05, 0) is 30.5 Å². The maximum atomic E-state index is 11.8. The lowest BCUT2D eigenvalue weighted by Gasteiger charge is -2.33. The van der Waals surface area contributed by atoms with E-state index in [0.717, 1.165) is 17.5 Å². The maximum Gasteiger partial charge on any atom is 0.325 e. The number of hydrogen-bond acceptors (Lipinski definition) is 3. The highest BCUT2D eigenvalue weighted by Crippen LogP contribution is 2.33. The molecule has 0 spiro atoms. The highest BCUT2D eigenvalue weighted by molar-refractivity contribution is 5.77. The summed E-state index contributed by atoms with van der Waals surface area (Å²) in [6.45, 7) is 3.15. The molecule has 1 unspecified atom stereocenters. The Hall–Kier alpha value is -2.33. The standard InChI is InChI=1S/C18H19NO3/c1-12-6-7-16(20)15(10-12)17(18(21)22)19-9-8-13-4-2-3-5-14(13)11-19/h2-7,10,17,20H,8-9,11H2,1H3,(H,21,22). The quantitative estimate of drug-likeness (QED) is 0.914. The van der Waals surface area contributed by atoms with Gasteiger partial charge in [0, 0.05) is 18.7 Å². The van der Waals surface area contributed by atoms with Gasteiger partial charge in [0.25, 0.3) is 0 Å². The number of aromatic hydroxyl groups is 1. The molecule has 0 amide bonds. The van der Waals surface area contributed by atoms with Gasteiger partial charge in [0.2, 0.25) is 0 Å². The minimum absolute atomic E-state index is 0.0388. The fourth-order valence-corrected chi connectivity index (χ4v) is 3.12. The molecule has 1 heterocycles. The Labute approximate surface area is 129 Å². The van der Waals surface area contributed by atoms with Crippen molar-refractivity contribution in [3.63, 3.8) is 0 Å². The van der Waals surface area contributed by atoms with Gasteiger partial charge < -0.3 is 10.2 Å². The van der Waals surface area contributed by atoms with Crippen molar-refractivity contribution >= 4 is 5.97 Å². The Balaban J connectivity index is 1.96. The summed E-state index contributed by atoms with van der Waals surface area (Å²) < 4.78 is 0. The topological polar surface area (TPSA) is 60.8 Å². The summed E-state index contributed by atoms with van der Waals surface area (Å²) in [5.74, 6) is -0.892. The third kappa shape index (κ3) is 2.70. The number of carbonyl (C=O) groups is 1. The Morgan fingerprint density at radius 3 is 2.64 bits per heavy atom. The number of carboxylic acid groups (broad SMARTS) is 1. The van der Waals surface area contributed by atoms with E-state index in [1.807, 2.05) is 30.0 Å². The Morgan fingerprint density at radius 1 is 1.18 bits per heavy atom. The van der Waals surface area contributed by atoms with Crippen molar-refractivity contribution in [3.05, 3.63) is 64.7 Å². The molecule has 4 heteroatoms. The van der Waals surface area contributed by atoms with Gasteiger partial charge in [0.1, 0.15) is 11.8 Å². The fraction of sp³-hybridized carbons (Fsp3) is 0.278. The second-order valence-corrected chi connectivity index (χ2v) is 5.79. The summed E-state index contributed by atoms with van der Waals surface area (Å²) in [6.07, 6.45) is 0.826. The van der Waals surface area contributed by atoms with Crippen molar-refractivity contribution in [2.24, 2.45) is 0 Å². The number of carboxylic acids is 1. The van der Waals surface area contributed by atoms with Crippen molar-refractivity contribution in [1.82, 2.24) is 4.90 Å². The summed E-state index contributed by atoms with van der Waals surface area (Å²) in [7, 11) is 0. The molecule has 2 aromatic carbocycles. The lowest BCUT2D eigenvalue weighted by atomic mass is 9.95. The minimum Gasteiger partial charge on any atom is -0.508 e. The van der Waals surface area contributed by atoms with E-state index in [4.69, 9.17) is 0 Å². The van der Waals surface area contributed by atoms with E-state index >= 15 is 0 Å². The van der Waals surface area contributed by atoms with Crippen LogP contribution in [0.3, 0.4) is 0 Å². The molecule has 4 nitrogen and oxygen atoms in total. The first-order valence-corrected chi connectivity index (χ1v) is 7.39. The van der Waals surface area contributed by atoms with E-state index in [1.165, 1.54) is 5.56 Å². The molecule has 1 aliphatic rings. The van der Waals surface area contributed by atoms with E-state index in [2.05, 4.69) is 6.07 Å². The molecule has 0 aliphatic carbocycles. The van der Waals surface area contributed by atoms with Crippen LogP contribution in [0.25, 0.3) is 0 Å². The number of rotatable bonds is 3. The number of aliphatic carboxylic acids is 1. The van der Waals surface area contributed by atoms with Gasteiger partial charge in [-0.3, -0.25) is 9.69 Å². The number of aryl methyl sites for hydroxylation is 1. The Bertz CT molecular complexity index is 711. The van der Waals surface area contributed by atoms with Gasteiger partial charge in [-0.2, -0.15) is 0 Å². The first-order valence-electron chi connectivity index (χ1n) is 7.39. The van der Waals surface area contributed by atoms with Gasteiger partial charge in [0.05, 0.1) is 0 Å². The Morgan fingerprint density at radius 2 is 1.91 bits per heavy atom. The van der Waals surface area contributed by atoms with Crippen LogP contribution in [-0.2, 0) is 17.8 Å². The van der Waals surface area contributed by atoms with Crippen LogP contribution in [0.5, 0.6) is 5.75 Å². The molecular formula is C18H19NO3. The number of phenolic OH excluding ortho intramolecular Hbond substituents is 1. The van der Waals surface area contributed by atoms with Crippen LogP contribution in [0.2, 0.25) is 0 Å². The van der Waals surface area contributed by atoms with Crippen LogP contribution >= 0.6 is 0 Å². The lowest BCUT2D eigenvalue weighted by Crippen LogP contribution is -2.38. The molecule has 0 saturated heterocycles. The number of fused-ring (bicyclic) bond motifs is 1. The first-order chi connectivity index (χ1) is 10.6. The third-order valence-electron chi connectivity index (χ3n) is 4.24. The molecule has 0 radical (unpaired) electrons. The summed E-state index contributed by atoms with van der Waals surface area (Å²) in [5.41, 5.74) is 3.84. The molecule has 114 valence electrons. The largest absolute Gasteiger partial charge is 0.508 e. The van der Waals surface area contributed by atoms with E-state index in [1.54, 1.807) is 18.2 Å². The zero-order chi connectivity index (χ0) is 15.7. The predicted molar refractivity (Wildman–Crippen MR) is 83.8 cm³/mol. The molecule has 0 aromatic heterocycles. The molecule has 3 rings (SSSR count). The third-order valence-corrected chi connectivity index (χ3v) is 4.24. The minimum atomic E-state index is -0.930. The van der Waals surface area contributed by atoms with Gasteiger partial charge in [-0.15, -0.1) is 0 Å². The maximum absolute atomic E-state index is 11.8. The Kier molecular flexibility index (Phi) is 3.86. The highest BCUT2D eigenvalue weighted by atomic mass is 16.4.